The Morgan fingerprint density at radius 3 is 2.16 bits per heavy atom. The molecule has 3 aromatic carbocycles. The van der Waals surface area contributed by atoms with Crippen molar-refractivity contribution in [3.63, 3.8) is 0 Å². The number of aromatic nitrogens is 3. The predicted octanol–water partition coefficient (Wildman–Crippen LogP) is 5.52. The molecule has 1 aliphatic rings. The van der Waals surface area contributed by atoms with E-state index in [1.165, 1.54) is 50.4 Å². The molecule has 0 spiro atoms. The second kappa shape index (κ2) is 14.6. The molecule has 0 aliphatic carbocycles. The molecule has 19 heteroatoms. The largest absolute Gasteiger partial charge is 0.448 e. The number of carbonyl (C=O) groups excluding carboxylic acids is 3. The maximum atomic E-state index is 14.1. The monoisotopic (exact) mass is 809 g/mol. The Morgan fingerprint density at radius 2 is 1.54 bits per heavy atom. The van der Waals surface area contributed by atoms with Crippen molar-refractivity contribution in [2.75, 3.05) is 36.2 Å². The van der Waals surface area contributed by atoms with Crippen molar-refractivity contribution >= 4 is 55.1 Å². The van der Waals surface area contributed by atoms with E-state index < -0.39 is 66.6 Å². The van der Waals surface area contributed by atoms with Gasteiger partial charge < -0.3 is 20.3 Å². The number of hydrogen-bond donors (Lipinski definition) is 2. The maximum Gasteiger partial charge on any atom is 0.436 e. The van der Waals surface area contributed by atoms with Crippen molar-refractivity contribution in [2.24, 2.45) is 0 Å². The molecule has 0 radical (unpaired) electrons. The number of amides is 2. The number of carbonyl (C=O) groups is 3. The Hall–Kier alpha value is -5.92. The van der Waals surface area contributed by atoms with Crippen LogP contribution in [0.3, 0.4) is 0 Å². The fraction of sp³-hybridized carbons (Fsp3) is 0.243. The Bertz CT molecular complexity index is 2600. The quantitative estimate of drug-likeness (QED) is 0.182. The number of nitrogens with zero attached hydrogens (tertiary/aromatic N) is 5. The van der Waals surface area contributed by atoms with Gasteiger partial charge in [0.15, 0.2) is 0 Å². The highest BCUT2D eigenvalue weighted by molar-refractivity contribution is 7.90. The van der Waals surface area contributed by atoms with Gasteiger partial charge in [0, 0.05) is 50.4 Å². The summed E-state index contributed by atoms with van der Waals surface area (Å²) in [6.07, 6.45) is 1.37. The molecule has 0 fully saturated rings. The normalized spacial score (nSPS) is 13.9. The highest BCUT2D eigenvalue weighted by Gasteiger charge is 2.49. The number of rotatable bonds is 10. The summed E-state index contributed by atoms with van der Waals surface area (Å²) in [5.74, 6) is -4.06. The summed E-state index contributed by atoms with van der Waals surface area (Å²) < 4.78 is 90.1. The molecule has 294 valence electrons. The van der Waals surface area contributed by atoms with E-state index in [1.807, 2.05) is 6.92 Å². The Balaban J connectivity index is 1.35. The minimum Gasteiger partial charge on any atom is -0.448 e. The molecule has 0 unspecified atom stereocenters. The van der Waals surface area contributed by atoms with Gasteiger partial charge in [0.25, 0.3) is 21.8 Å². The van der Waals surface area contributed by atoms with Gasteiger partial charge >= 0.3 is 6.09 Å². The number of ether oxygens (including phenoxy) is 1. The molecule has 2 N–H and O–H groups in total. The Labute approximate surface area is 321 Å². The summed E-state index contributed by atoms with van der Waals surface area (Å²) in [5.41, 5.74) is -0.0334. The van der Waals surface area contributed by atoms with Crippen LogP contribution in [0.2, 0.25) is 0 Å². The van der Waals surface area contributed by atoms with Crippen LogP contribution in [0, 0.1) is 18.6 Å². The molecule has 0 bridgehead atoms. The molecular formula is C37H37F2N7O8S2. The predicted molar refractivity (Wildman–Crippen MR) is 202 cm³/mol. The fourth-order valence-corrected chi connectivity index (χ4v) is 9.12. The van der Waals surface area contributed by atoms with Crippen LogP contribution in [0.4, 0.5) is 30.8 Å². The molecule has 3 heterocycles. The van der Waals surface area contributed by atoms with Crippen molar-refractivity contribution < 1.29 is 44.7 Å². The second-order valence-electron chi connectivity index (χ2n) is 13.5. The summed E-state index contributed by atoms with van der Waals surface area (Å²) in [7, 11) is -5.13. The molecule has 1 aliphatic heterocycles. The highest BCUT2D eigenvalue weighted by atomic mass is 32.2. The van der Waals surface area contributed by atoms with Crippen LogP contribution in [-0.4, -0.2) is 73.5 Å². The van der Waals surface area contributed by atoms with Gasteiger partial charge in [-0.05, 0) is 76.2 Å². The van der Waals surface area contributed by atoms with E-state index in [9.17, 15) is 40.0 Å². The number of aryl methyl sites for hydroxylation is 1. The van der Waals surface area contributed by atoms with Crippen LogP contribution in [-0.2, 0) is 36.9 Å². The zero-order valence-corrected chi connectivity index (χ0v) is 32.6. The zero-order valence-electron chi connectivity index (χ0n) is 31.0. The second-order valence-corrected chi connectivity index (χ2v) is 17.2. The smallest absolute Gasteiger partial charge is 0.436 e. The van der Waals surface area contributed by atoms with Crippen molar-refractivity contribution in [1.29, 1.82) is 0 Å². The lowest BCUT2D eigenvalue weighted by Crippen LogP contribution is -2.41. The van der Waals surface area contributed by atoms with Crippen LogP contribution in [0.15, 0.2) is 88.9 Å². The van der Waals surface area contributed by atoms with Gasteiger partial charge in [0.2, 0.25) is 10.0 Å². The van der Waals surface area contributed by atoms with Gasteiger partial charge in [0.1, 0.15) is 17.5 Å². The lowest BCUT2D eigenvalue weighted by atomic mass is 10.0. The highest BCUT2D eigenvalue weighted by Crippen LogP contribution is 2.45. The molecule has 2 aromatic heterocycles. The van der Waals surface area contributed by atoms with Gasteiger partial charge in [0.05, 0.1) is 44.4 Å². The molecular weight excluding hydrogens is 773 g/mol. The van der Waals surface area contributed by atoms with Crippen LogP contribution in [0.25, 0.3) is 0 Å². The van der Waals surface area contributed by atoms with Crippen LogP contribution < -0.4 is 15.5 Å². The number of fused-ring (bicyclic) bond motifs is 1. The first-order valence-electron chi connectivity index (χ1n) is 17.0. The molecule has 0 saturated heterocycles. The van der Waals surface area contributed by atoms with Crippen molar-refractivity contribution in [3.8, 4) is 0 Å². The van der Waals surface area contributed by atoms with E-state index in [-0.39, 0.29) is 45.4 Å². The van der Waals surface area contributed by atoms with Gasteiger partial charge in [-0.15, -0.1) is 4.68 Å². The molecule has 6 rings (SSSR count). The first kappa shape index (κ1) is 39.8. The molecule has 0 atom stereocenters. The molecule has 5 aromatic rings. The zero-order chi connectivity index (χ0) is 40.9. The average molecular weight is 810 g/mol. The van der Waals surface area contributed by atoms with Crippen molar-refractivity contribution in [3.05, 3.63) is 119 Å². The standard InChI is InChI=1S/C37H37F2N7O8S2/c1-7-54-36(49)46-33(30-21-45(37(3,4)32(30)42-46)56(52,53)28-17-24(38)16-25(39)18-28)41-35(48)29-13-10-26(43(5)6)19-31(29)40-34(47)23-14-15-44(20-23)55(50,51)27-11-8-22(2)9-12-27/h8-20H,7,21H2,1-6H3,(H,40,47)(H,41,48). The first-order valence-corrected chi connectivity index (χ1v) is 19.9. The average Bonchev–Trinajstić information content (AvgIpc) is 3.83. The van der Waals surface area contributed by atoms with E-state index >= 15 is 0 Å². The molecule has 0 saturated carbocycles. The SMILES string of the molecule is CCOC(=O)n1nc2c(c1NC(=O)c1ccc(N(C)C)cc1NC(=O)c1ccn(S(=O)(=O)c3ccc(C)cc3)c1)CN(S(=O)(=O)c1cc(F)cc(F)c1)C2(C)C. The third-order valence-corrected chi connectivity index (χ3v) is 12.8. The van der Waals surface area contributed by atoms with E-state index in [4.69, 9.17) is 4.74 Å². The van der Waals surface area contributed by atoms with Gasteiger partial charge in [-0.1, -0.05) is 17.7 Å². The molecule has 56 heavy (non-hydrogen) atoms. The Kier molecular flexibility index (Phi) is 10.4. The summed E-state index contributed by atoms with van der Waals surface area (Å²) in [6, 6.07) is 13.9. The molecule has 2 amide bonds. The number of halogens is 2. The van der Waals surface area contributed by atoms with Crippen molar-refractivity contribution in [2.45, 2.75) is 49.6 Å². The van der Waals surface area contributed by atoms with Gasteiger partial charge in [-0.2, -0.15) is 9.40 Å². The molecule has 15 nitrogen and oxygen atoms in total. The Morgan fingerprint density at radius 1 is 0.875 bits per heavy atom. The topological polar surface area (TPSA) is 182 Å². The lowest BCUT2D eigenvalue weighted by Gasteiger charge is -2.30. The number of anilines is 3. The lowest BCUT2D eigenvalue weighted by molar-refractivity contribution is 0.102. The first-order chi connectivity index (χ1) is 26.2. The fourth-order valence-electron chi connectivity index (χ4n) is 6.16. The van der Waals surface area contributed by atoms with E-state index in [2.05, 4.69) is 15.7 Å². The minimum atomic E-state index is -4.57. The van der Waals surface area contributed by atoms with Crippen LogP contribution in [0.1, 0.15) is 58.3 Å². The third kappa shape index (κ3) is 7.27. The number of sulfonamides is 1. The van der Waals surface area contributed by atoms with Gasteiger partial charge in [-0.25, -0.2) is 34.4 Å². The summed E-state index contributed by atoms with van der Waals surface area (Å²) >= 11 is 0. The number of hydrogen-bond acceptors (Lipinski definition) is 10. The van der Waals surface area contributed by atoms with E-state index in [1.54, 1.807) is 44.1 Å². The summed E-state index contributed by atoms with van der Waals surface area (Å²) in [4.78, 5) is 42.0. The maximum absolute atomic E-state index is 14.1. The summed E-state index contributed by atoms with van der Waals surface area (Å²) in [6.45, 7) is 5.79. The number of nitrogens with one attached hydrogen (secondary N) is 2. The number of benzene rings is 3. The van der Waals surface area contributed by atoms with Crippen molar-refractivity contribution in [1.82, 2.24) is 18.1 Å². The summed E-state index contributed by atoms with van der Waals surface area (Å²) in [5, 5.41) is 9.65. The van der Waals surface area contributed by atoms with E-state index in [0.717, 1.165) is 24.7 Å². The minimum absolute atomic E-state index is 0.00403. The third-order valence-electron chi connectivity index (χ3n) is 9.12. The van der Waals surface area contributed by atoms with Crippen LogP contribution in [0.5, 0.6) is 0 Å². The van der Waals surface area contributed by atoms with Gasteiger partial charge in [-0.3, -0.25) is 9.59 Å². The van der Waals surface area contributed by atoms with E-state index in [0.29, 0.717) is 23.9 Å². The van der Waals surface area contributed by atoms with Crippen LogP contribution >= 0.6 is 0 Å².